The number of aromatic amines is 1. The van der Waals surface area contributed by atoms with Crippen LogP contribution < -0.4 is 9.47 Å². The lowest BCUT2D eigenvalue weighted by Crippen LogP contribution is -2.34. The second kappa shape index (κ2) is 10.8. The van der Waals surface area contributed by atoms with E-state index in [9.17, 15) is 9.18 Å². The van der Waals surface area contributed by atoms with Crippen LogP contribution in [0.25, 0.3) is 10.9 Å². The van der Waals surface area contributed by atoms with E-state index in [0.29, 0.717) is 36.0 Å². The average Bonchev–Trinajstić information content (AvgIpc) is 3.26. The highest BCUT2D eigenvalue weighted by Gasteiger charge is 2.24. The molecule has 1 fully saturated rings. The number of aromatic nitrogens is 2. The van der Waals surface area contributed by atoms with Gasteiger partial charge in [-0.3, -0.25) is 9.89 Å². The number of Topliss-reactive ketones (excluding diaryl/α,β-unsaturated/α-hetero) is 1. The third-order valence-electron chi connectivity index (χ3n) is 6.46. The lowest BCUT2D eigenvalue weighted by molar-refractivity contribution is 0.0987. The predicted octanol–water partition coefficient (Wildman–Crippen LogP) is 5.34. The summed E-state index contributed by atoms with van der Waals surface area (Å²) in [6.07, 6.45) is 4.61. The van der Waals surface area contributed by atoms with Crippen molar-refractivity contribution in [3.05, 3.63) is 53.5 Å². The number of benzene rings is 2. The summed E-state index contributed by atoms with van der Waals surface area (Å²) in [5.74, 6) is 1.55. The quantitative estimate of drug-likeness (QED) is 0.331. The minimum atomic E-state index is -0.237. The normalized spacial score (nSPS) is 15.1. The first kappa shape index (κ1) is 23.2. The van der Waals surface area contributed by atoms with Gasteiger partial charge in [0.2, 0.25) is 0 Å². The lowest BCUT2D eigenvalue weighted by atomic mass is 9.91. The molecule has 4 rings (SSSR count). The number of H-pyrrole nitrogens is 1. The molecule has 0 atom stereocenters. The van der Waals surface area contributed by atoms with Crippen LogP contribution in [0.2, 0.25) is 0 Å². The summed E-state index contributed by atoms with van der Waals surface area (Å²) in [5.41, 5.74) is 2.49. The molecule has 0 bridgehead atoms. The van der Waals surface area contributed by atoms with Gasteiger partial charge in [-0.05, 0) is 81.7 Å². The molecule has 0 spiro atoms. The molecule has 1 aromatic heterocycles. The zero-order valence-corrected chi connectivity index (χ0v) is 19.4. The molecule has 0 amide bonds. The molecule has 1 N–H and O–H groups in total. The molecule has 2 aromatic carbocycles. The number of hydrogen-bond donors (Lipinski definition) is 1. The van der Waals surface area contributed by atoms with Crippen molar-refractivity contribution in [1.29, 1.82) is 0 Å². The smallest absolute Gasteiger partial charge is 0.162 e. The third kappa shape index (κ3) is 5.53. The number of methoxy groups -OCH3 is 1. The molecule has 1 saturated heterocycles. The van der Waals surface area contributed by atoms with Crippen LogP contribution in [0, 0.1) is 5.82 Å². The fraction of sp³-hybridized carbons (Fsp3) is 0.462. The summed E-state index contributed by atoms with van der Waals surface area (Å²) in [4.78, 5) is 14.4. The lowest BCUT2D eigenvalue weighted by Gasteiger charge is -2.31. The molecule has 6 nitrogen and oxygen atoms in total. The van der Waals surface area contributed by atoms with Crippen molar-refractivity contribution >= 4 is 16.7 Å². The van der Waals surface area contributed by atoms with Gasteiger partial charge in [0.05, 0.1) is 24.9 Å². The Morgan fingerprint density at radius 3 is 2.73 bits per heavy atom. The van der Waals surface area contributed by atoms with Crippen LogP contribution in [0.3, 0.4) is 0 Å². The van der Waals surface area contributed by atoms with Crippen molar-refractivity contribution in [2.75, 3.05) is 33.4 Å². The Morgan fingerprint density at radius 2 is 1.97 bits per heavy atom. The number of fused-ring (bicyclic) bond motifs is 1. The van der Waals surface area contributed by atoms with Gasteiger partial charge in [-0.15, -0.1) is 0 Å². The predicted molar refractivity (Wildman–Crippen MR) is 127 cm³/mol. The van der Waals surface area contributed by atoms with Gasteiger partial charge in [-0.25, -0.2) is 4.39 Å². The average molecular weight is 454 g/mol. The van der Waals surface area contributed by atoms with Crippen molar-refractivity contribution in [1.82, 2.24) is 15.1 Å². The molecule has 2 heterocycles. The number of rotatable bonds is 10. The Hall–Kier alpha value is -2.93. The van der Waals surface area contributed by atoms with Gasteiger partial charge in [0, 0.05) is 23.3 Å². The highest BCUT2D eigenvalue weighted by atomic mass is 19.1. The Morgan fingerprint density at radius 1 is 1.15 bits per heavy atom. The summed E-state index contributed by atoms with van der Waals surface area (Å²) in [7, 11) is 1.59. The molecule has 0 saturated carbocycles. The van der Waals surface area contributed by atoms with Crippen LogP contribution in [-0.4, -0.2) is 54.2 Å². The van der Waals surface area contributed by atoms with Crippen molar-refractivity contribution in [3.8, 4) is 11.5 Å². The van der Waals surface area contributed by atoms with Crippen LogP contribution in [0.1, 0.15) is 61.0 Å². The van der Waals surface area contributed by atoms with E-state index in [1.807, 2.05) is 19.1 Å². The molecular formula is C26H32FN3O3. The maximum Gasteiger partial charge on any atom is 0.162 e. The third-order valence-corrected chi connectivity index (χ3v) is 6.46. The van der Waals surface area contributed by atoms with Gasteiger partial charge in [0.15, 0.2) is 17.3 Å². The number of likely N-dealkylation sites (tertiary alicyclic amines) is 1. The summed E-state index contributed by atoms with van der Waals surface area (Å²) in [6, 6.07) is 10.2. The van der Waals surface area contributed by atoms with Crippen LogP contribution in [0.5, 0.6) is 11.5 Å². The largest absolute Gasteiger partial charge is 0.493 e. The van der Waals surface area contributed by atoms with Gasteiger partial charge in [-0.2, -0.15) is 5.10 Å². The van der Waals surface area contributed by atoms with Gasteiger partial charge in [0.1, 0.15) is 5.82 Å². The van der Waals surface area contributed by atoms with Crippen molar-refractivity contribution in [2.45, 2.75) is 44.9 Å². The number of nitrogens with zero attached hydrogens (tertiary/aromatic N) is 2. The molecule has 3 aromatic rings. The van der Waals surface area contributed by atoms with Gasteiger partial charge < -0.3 is 14.4 Å². The monoisotopic (exact) mass is 453 g/mol. The maximum absolute atomic E-state index is 13.4. The van der Waals surface area contributed by atoms with Crippen LogP contribution in [-0.2, 0) is 0 Å². The van der Waals surface area contributed by atoms with E-state index in [-0.39, 0.29) is 11.6 Å². The van der Waals surface area contributed by atoms with E-state index >= 15 is 0 Å². The Bertz CT molecular complexity index is 1090. The number of carbonyl (C=O) groups is 1. The number of halogens is 1. The van der Waals surface area contributed by atoms with Crippen LogP contribution in [0.4, 0.5) is 4.39 Å². The summed E-state index contributed by atoms with van der Waals surface area (Å²) >= 11 is 0. The van der Waals surface area contributed by atoms with E-state index in [2.05, 4.69) is 15.1 Å². The molecule has 176 valence electrons. The molecular weight excluding hydrogens is 421 g/mol. The fourth-order valence-electron chi connectivity index (χ4n) is 4.54. The second-order valence-electron chi connectivity index (χ2n) is 8.61. The van der Waals surface area contributed by atoms with Crippen molar-refractivity contribution < 1.29 is 18.7 Å². The number of ether oxygens (including phenoxy) is 2. The summed E-state index contributed by atoms with van der Waals surface area (Å²) in [6.45, 7) is 5.60. The first-order chi connectivity index (χ1) is 16.1. The standard InChI is InChI=1S/C26H32FN3O3/c1-3-23(31)19-6-9-24(25(16-19)32-2)33-15-5-4-12-30-13-10-18(11-14-30)26-21-8-7-20(27)17-22(21)28-29-26/h6-9,16-18H,3-5,10-15H2,1-2H3,(H,28,29). The SMILES string of the molecule is CCC(=O)c1ccc(OCCCCN2CCC(c3n[nH]c4cc(F)ccc34)CC2)c(OC)c1. The van der Waals surface area contributed by atoms with Crippen molar-refractivity contribution in [2.24, 2.45) is 0 Å². The maximum atomic E-state index is 13.4. The highest BCUT2D eigenvalue weighted by Crippen LogP contribution is 2.32. The minimum absolute atomic E-state index is 0.0954. The highest BCUT2D eigenvalue weighted by molar-refractivity contribution is 5.96. The topological polar surface area (TPSA) is 67.5 Å². The van der Waals surface area contributed by atoms with E-state index in [1.165, 1.54) is 12.1 Å². The molecule has 0 aliphatic carbocycles. The van der Waals surface area contributed by atoms with E-state index in [4.69, 9.17) is 9.47 Å². The number of ketones is 1. The Kier molecular flexibility index (Phi) is 7.60. The first-order valence-corrected chi connectivity index (χ1v) is 11.8. The Balaban J connectivity index is 1.19. The Labute approximate surface area is 194 Å². The summed E-state index contributed by atoms with van der Waals surface area (Å²) in [5, 5.41) is 8.49. The fourth-order valence-corrected chi connectivity index (χ4v) is 4.54. The molecule has 33 heavy (non-hydrogen) atoms. The summed E-state index contributed by atoms with van der Waals surface area (Å²) < 4.78 is 24.7. The zero-order chi connectivity index (χ0) is 23.2. The second-order valence-corrected chi connectivity index (χ2v) is 8.61. The minimum Gasteiger partial charge on any atom is -0.493 e. The van der Waals surface area contributed by atoms with Gasteiger partial charge in [-0.1, -0.05) is 6.92 Å². The molecule has 1 aliphatic heterocycles. The first-order valence-electron chi connectivity index (χ1n) is 11.8. The number of carbonyl (C=O) groups excluding carboxylic acids is 1. The number of nitrogens with one attached hydrogen (secondary N) is 1. The molecule has 7 heteroatoms. The van der Waals surface area contributed by atoms with Crippen LogP contribution in [0.15, 0.2) is 36.4 Å². The van der Waals surface area contributed by atoms with Crippen LogP contribution >= 0.6 is 0 Å². The number of hydrogen-bond acceptors (Lipinski definition) is 5. The number of unbranched alkanes of at least 4 members (excludes halogenated alkanes) is 1. The molecule has 1 aliphatic rings. The molecule has 0 radical (unpaired) electrons. The van der Waals surface area contributed by atoms with Crippen molar-refractivity contribution in [3.63, 3.8) is 0 Å². The van der Waals surface area contributed by atoms with Gasteiger partial charge in [0.25, 0.3) is 0 Å². The zero-order valence-electron chi connectivity index (χ0n) is 19.4. The number of piperidine rings is 1. The van der Waals surface area contributed by atoms with E-state index in [0.717, 1.165) is 61.9 Å². The van der Waals surface area contributed by atoms with E-state index < -0.39 is 0 Å². The van der Waals surface area contributed by atoms with Gasteiger partial charge >= 0.3 is 0 Å². The molecule has 0 unspecified atom stereocenters. The van der Waals surface area contributed by atoms with E-state index in [1.54, 1.807) is 19.2 Å².